The molecule has 0 unspecified atom stereocenters. The van der Waals surface area contributed by atoms with Crippen LogP contribution in [-0.2, 0) is 14.8 Å². The van der Waals surface area contributed by atoms with E-state index in [0.717, 1.165) is 38.7 Å². The second kappa shape index (κ2) is 5.47. The highest BCUT2D eigenvalue weighted by Gasteiger charge is 2.25. The van der Waals surface area contributed by atoms with Gasteiger partial charge in [0.15, 0.2) is 0 Å². The quantitative estimate of drug-likeness (QED) is 0.754. The lowest BCUT2D eigenvalue weighted by atomic mass is 10.2. The Labute approximate surface area is 98.0 Å². The molecule has 0 aromatic rings. The van der Waals surface area contributed by atoms with Crippen LogP contribution in [0.4, 0.5) is 0 Å². The van der Waals surface area contributed by atoms with Crippen LogP contribution in [0.5, 0.6) is 0 Å². The Balaban J connectivity index is 1.81. The number of rotatable bonds is 4. The van der Waals surface area contributed by atoms with E-state index in [1.165, 1.54) is 0 Å². The molecule has 16 heavy (non-hydrogen) atoms. The molecule has 0 bridgehead atoms. The summed E-state index contributed by atoms with van der Waals surface area (Å²) in [4.78, 5) is 0. The molecule has 0 saturated carbocycles. The molecule has 2 heterocycles. The Morgan fingerprint density at radius 3 is 2.50 bits per heavy atom. The first-order valence-electron chi connectivity index (χ1n) is 6.28. The largest absolute Gasteiger partial charge is 0.378 e. The standard InChI is InChI=1S/C11H21NO3S/c13-16(14,12-7-2-1-3-8-12)10-6-11-5-4-9-15-11/h11H,1-10H2/t11-/m1/s1. The van der Waals surface area contributed by atoms with E-state index in [1.54, 1.807) is 4.31 Å². The first-order valence-corrected chi connectivity index (χ1v) is 7.89. The number of hydrogen-bond acceptors (Lipinski definition) is 3. The fourth-order valence-electron chi connectivity index (χ4n) is 2.42. The highest BCUT2D eigenvalue weighted by atomic mass is 32.2. The van der Waals surface area contributed by atoms with Crippen LogP contribution in [0.25, 0.3) is 0 Å². The lowest BCUT2D eigenvalue weighted by Gasteiger charge is -2.26. The van der Waals surface area contributed by atoms with Crippen molar-refractivity contribution in [2.75, 3.05) is 25.4 Å². The van der Waals surface area contributed by atoms with E-state index in [1.807, 2.05) is 0 Å². The first-order chi connectivity index (χ1) is 7.68. The first kappa shape index (κ1) is 12.3. The smallest absolute Gasteiger partial charge is 0.214 e. The molecule has 0 N–H and O–H groups in total. The molecule has 0 amide bonds. The lowest BCUT2D eigenvalue weighted by molar-refractivity contribution is 0.108. The Morgan fingerprint density at radius 1 is 1.12 bits per heavy atom. The van der Waals surface area contributed by atoms with E-state index in [-0.39, 0.29) is 11.9 Å². The van der Waals surface area contributed by atoms with Crippen molar-refractivity contribution in [2.24, 2.45) is 0 Å². The van der Waals surface area contributed by atoms with Gasteiger partial charge in [-0.1, -0.05) is 6.42 Å². The number of hydrogen-bond donors (Lipinski definition) is 0. The lowest BCUT2D eigenvalue weighted by Crippen LogP contribution is -2.37. The maximum atomic E-state index is 12.0. The molecular weight excluding hydrogens is 226 g/mol. The van der Waals surface area contributed by atoms with Crippen molar-refractivity contribution in [1.82, 2.24) is 4.31 Å². The molecule has 0 aromatic heterocycles. The monoisotopic (exact) mass is 247 g/mol. The molecule has 94 valence electrons. The van der Waals surface area contributed by atoms with Crippen LogP contribution < -0.4 is 0 Å². The maximum Gasteiger partial charge on any atom is 0.214 e. The fourth-order valence-corrected chi connectivity index (χ4v) is 4.06. The average Bonchev–Trinajstić information content (AvgIpc) is 2.81. The summed E-state index contributed by atoms with van der Waals surface area (Å²) in [6.07, 6.45) is 6.14. The summed E-state index contributed by atoms with van der Waals surface area (Å²) in [5, 5.41) is 0. The van der Waals surface area contributed by atoms with Gasteiger partial charge in [-0.05, 0) is 32.1 Å². The normalized spacial score (nSPS) is 28.4. The SMILES string of the molecule is O=S(=O)(CC[C@H]1CCCO1)N1CCCCC1. The van der Waals surface area contributed by atoms with Crippen molar-refractivity contribution in [1.29, 1.82) is 0 Å². The van der Waals surface area contributed by atoms with E-state index >= 15 is 0 Å². The third-order valence-corrected chi connectivity index (χ3v) is 5.33. The number of piperidine rings is 1. The van der Waals surface area contributed by atoms with E-state index in [4.69, 9.17) is 4.74 Å². The number of sulfonamides is 1. The van der Waals surface area contributed by atoms with E-state index < -0.39 is 10.0 Å². The van der Waals surface area contributed by atoms with Crippen LogP contribution in [0.1, 0.15) is 38.5 Å². The van der Waals surface area contributed by atoms with Gasteiger partial charge >= 0.3 is 0 Å². The highest BCUT2D eigenvalue weighted by molar-refractivity contribution is 7.89. The summed E-state index contributed by atoms with van der Waals surface area (Å²) < 4.78 is 31.1. The highest BCUT2D eigenvalue weighted by Crippen LogP contribution is 2.19. The van der Waals surface area contributed by atoms with E-state index in [9.17, 15) is 8.42 Å². The Kier molecular flexibility index (Phi) is 4.21. The molecule has 2 rings (SSSR count). The van der Waals surface area contributed by atoms with Crippen molar-refractivity contribution in [2.45, 2.75) is 44.6 Å². The van der Waals surface area contributed by atoms with E-state index in [2.05, 4.69) is 0 Å². The van der Waals surface area contributed by atoms with Gasteiger partial charge in [-0.2, -0.15) is 0 Å². The van der Waals surface area contributed by atoms with Crippen LogP contribution >= 0.6 is 0 Å². The predicted molar refractivity (Wildman–Crippen MR) is 62.8 cm³/mol. The van der Waals surface area contributed by atoms with Crippen LogP contribution in [0.15, 0.2) is 0 Å². The van der Waals surface area contributed by atoms with Gasteiger partial charge in [0.05, 0.1) is 11.9 Å². The van der Waals surface area contributed by atoms with Crippen LogP contribution in [0.2, 0.25) is 0 Å². The summed E-state index contributed by atoms with van der Waals surface area (Å²) in [6, 6.07) is 0. The molecule has 0 spiro atoms. The summed E-state index contributed by atoms with van der Waals surface area (Å²) in [6.45, 7) is 2.23. The second-order valence-corrected chi connectivity index (χ2v) is 6.79. The van der Waals surface area contributed by atoms with Gasteiger partial charge in [0.1, 0.15) is 0 Å². The summed E-state index contributed by atoms with van der Waals surface area (Å²) in [5.74, 6) is 0.262. The van der Waals surface area contributed by atoms with Gasteiger partial charge in [-0.3, -0.25) is 0 Å². The van der Waals surface area contributed by atoms with E-state index in [0.29, 0.717) is 19.5 Å². The molecule has 5 heteroatoms. The molecule has 2 saturated heterocycles. The van der Waals surface area contributed by atoms with Crippen LogP contribution in [0, 0.1) is 0 Å². The molecule has 0 aromatic carbocycles. The number of ether oxygens (including phenoxy) is 1. The Bertz CT molecular complexity index is 303. The third-order valence-electron chi connectivity index (χ3n) is 3.43. The molecule has 2 aliphatic heterocycles. The molecule has 1 atom stereocenters. The molecule has 2 fully saturated rings. The van der Waals surface area contributed by atoms with Crippen molar-refractivity contribution in [3.05, 3.63) is 0 Å². The molecular formula is C11H21NO3S. The second-order valence-electron chi connectivity index (χ2n) is 4.70. The average molecular weight is 247 g/mol. The number of nitrogens with zero attached hydrogens (tertiary/aromatic N) is 1. The van der Waals surface area contributed by atoms with Crippen LogP contribution in [0.3, 0.4) is 0 Å². The van der Waals surface area contributed by atoms with Gasteiger partial charge in [0, 0.05) is 19.7 Å². The zero-order chi connectivity index (χ0) is 11.4. The molecule has 4 nitrogen and oxygen atoms in total. The summed E-state index contributed by atoms with van der Waals surface area (Å²) >= 11 is 0. The predicted octanol–water partition coefficient (Wildman–Crippen LogP) is 1.37. The Morgan fingerprint density at radius 2 is 1.88 bits per heavy atom. The third kappa shape index (κ3) is 3.18. The topological polar surface area (TPSA) is 46.6 Å². The van der Waals surface area contributed by atoms with Gasteiger partial charge < -0.3 is 4.74 Å². The zero-order valence-corrected chi connectivity index (χ0v) is 10.5. The molecule has 0 aliphatic carbocycles. The minimum atomic E-state index is -3.02. The van der Waals surface area contributed by atoms with Gasteiger partial charge in [-0.25, -0.2) is 12.7 Å². The maximum absolute atomic E-state index is 12.0. The summed E-state index contributed by atoms with van der Waals surface area (Å²) in [7, 11) is -3.02. The van der Waals surface area contributed by atoms with Gasteiger partial charge in [0.2, 0.25) is 10.0 Å². The van der Waals surface area contributed by atoms with Gasteiger partial charge in [0.25, 0.3) is 0 Å². The van der Waals surface area contributed by atoms with Gasteiger partial charge in [-0.15, -0.1) is 0 Å². The minimum Gasteiger partial charge on any atom is -0.378 e. The Hall–Kier alpha value is -0.130. The van der Waals surface area contributed by atoms with Crippen molar-refractivity contribution in [3.63, 3.8) is 0 Å². The van der Waals surface area contributed by atoms with Crippen molar-refractivity contribution >= 4 is 10.0 Å². The zero-order valence-electron chi connectivity index (χ0n) is 9.73. The fraction of sp³-hybridized carbons (Fsp3) is 1.00. The minimum absolute atomic E-state index is 0.180. The van der Waals surface area contributed by atoms with Crippen molar-refractivity contribution in [3.8, 4) is 0 Å². The van der Waals surface area contributed by atoms with Crippen molar-refractivity contribution < 1.29 is 13.2 Å². The molecule has 0 radical (unpaired) electrons. The molecule has 2 aliphatic rings. The summed E-state index contributed by atoms with van der Waals surface area (Å²) in [5.41, 5.74) is 0. The van der Waals surface area contributed by atoms with Crippen LogP contribution in [-0.4, -0.2) is 44.3 Å².